The number of hydrogen-bond acceptors (Lipinski definition) is 4. The number of hydrogen-bond donors (Lipinski definition) is 0. The van der Waals surface area contributed by atoms with E-state index in [0.717, 1.165) is 10.4 Å². The maximum absolute atomic E-state index is 13.4. The van der Waals surface area contributed by atoms with Crippen LogP contribution in [0.5, 0.6) is 5.75 Å². The lowest BCUT2D eigenvalue weighted by atomic mass is 10.0. The topological polar surface area (TPSA) is 46.6 Å². The lowest BCUT2D eigenvalue weighted by Crippen LogP contribution is -2.42. The lowest BCUT2D eigenvalue weighted by Gasteiger charge is -2.32. The molecule has 0 radical (unpaired) electrons. The Balaban J connectivity index is 2.60. The van der Waals surface area contributed by atoms with Crippen LogP contribution in [0.2, 0.25) is 0 Å². The summed E-state index contributed by atoms with van der Waals surface area (Å²) in [6.07, 6.45) is 0.471. The lowest BCUT2D eigenvalue weighted by molar-refractivity contribution is 0.0641. The van der Waals surface area contributed by atoms with Crippen molar-refractivity contribution in [2.24, 2.45) is 0 Å². The van der Waals surface area contributed by atoms with Crippen LogP contribution >= 0.6 is 11.3 Å². The van der Waals surface area contributed by atoms with Gasteiger partial charge in [-0.25, -0.2) is 0 Å². The molecule has 26 heavy (non-hydrogen) atoms. The number of Topliss-reactive ketones (excluding diaryl/α,β-unsaturated/α-hetero) is 1. The zero-order valence-corrected chi connectivity index (χ0v) is 17.1. The fourth-order valence-corrected chi connectivity index (χ4v) is 4.18. The number of ether oxygens (including phenoxy) is 1. The smallest absolute Gasteiger partial charge is 0.258 e. The molecule has 140 valence electrons. The third-order valence-electron chi connectivity index (χ3n) is 4.27. The van der Waals surface area contributed by atoms with Gasteiger partial charge in [-0.1, -0.05) is 19.1 Å². The number of amides is 1. The second-order valence-corrected chi connectivity index (χ2v) is 7.81. The number of ketones is 1. The molecule has 2 aromatic rings. The summed E-state index contributed by atoms with van der Waals surface area (Å²) in [6.45, 7) is 9.89. The van der Waals surface area contributed by atoms with Gasteiger partial charge in [-0.3, -0.25) is 9.59 Å². The average Bonchev–Trinajstić information content (AvgIpc) is 3.09. The first-order valence-electron chi connectivity index (χ1n) is 8.94. The summed E-state index contributed by atoms with van der Waals surface area (Å²) in [4.78, 5) is 28.8. The summed E-state index contributed by atoms with van der Waals surface area (Å²) in [5.41, 5.74) is 1.36. The zero-order valence-electron chi connectivity index (χ0n) is 16.3. The van der Waals surface area contributed by atoms with Crippen LogP contribution < -0.4 is 4.74 Å². The minimum Gasteiger partial charge on any atom is -0.496 e. The Morgan fingerprint density at radius 1 is 1.08 bits per heavy atom. The molecule has 0 saturated carbocycles. The number of rotatable bonds is 7. The summed E-state index contributed by atoms with van der Waals surface area (Å²) in [6, 6.07) is 9.49. The van der Waals surface area contributed by atoms with E-state index in [1.54, 1.807) is 13.2 Å². The van der Waals surface area contributed by atoms with Crippen molar-refractivity contribution in [1.82, 2.24) is 4.90 Å². The molecule has 0 unspecified atom stereocenters. The highest BCUT2D eigenvalue weighted by Crippen LogP contribution is 2.36. The Kier molecular flexibility index (Phi) is 6.59. The summed E-state index contributed by atoms with van der Waals surface area (Å²) in [5, 5.41) is 0. The normalized spacial score (nSPS) is 11.1. The molecule has 0 fully saturated rings. The Hall–Kier alpha value is -2.14. The predicted octanol–water partition coefficient (Wildman–Crippen LogP) is 5.28. The van der Waals surface area contributed by atoms with E-state index in [-0.39, 0.29) is 23.8 Å². The highest BCUT2D eigenvalue weighted by atomic mass is 32.1. The Bertz CT molecular complexity index is 784. The molecule has 1 heterocycles. The Morgan fingerprint density at radius 3 is 2.27 bits per heavy atom. The van der Waals surface area contributed by atoms with Gasteiger partial charge in [-0.2, -0.15) is 0 Å². The molecule has 5 heteroatoms. The molecular weight excluding hydrogens is 346 g/mol. The van der Waals surface area contributed by atoms with Crippen LogP contribution in [0, 0.1) is 0 Å². The van der Waals surface area contributed by atoms with Gasteiger partial charge >= 0.3 is 0 Å². The molecule has 0 N–H and O–H groups in total. The summed E-state index contributed by atoms with van der Waals surface area (Å²) >= 11 is 1.42. The molecule has 0 spiro atoms. The van der Waals surface area contributed by atoms with E-state index >= 15 is 0 Å². The maximum atomic E-state index is 13.4. The first-order valence-corrected chi connectivity index (χ1v) is 9.76. The number of benzene rings is 1. The largest absolute Gasteiger partial charge is 0.496 e. The van der Waals surface area contributed by atoms with Crippen LogP contribution in [0.25, 0.3) is 10.4 Å². The molecule has 0 atom stereocenters. The highest BCUT2D eigenvalue weighted by Gasteiger charge is 2.27. The molecule has 0 saturated heterocycles. The van der Waals surface area contributed by atoms with Crippen molar-refractivity contribution in [3.63, 3.8) is 0 Å². The number of carbonyl (C=O) groups excluding carboxylic acids is 2. The van der Waals surface area contributed by atoms with Gasteiger partial charge in [0.05, 0.1) is 17.6 Å². The predicted molar refractivity (Wildman–Crippen MR) is 107 cm³/mol. The second kappa shape index (κ2) is 8.49. The third-order valence-corrected chi connectivity index (χ3v) is 5.43. The molecule has 0 aliphatic carbocycles. The molecule has 1 aromatic heterocycles. The number of nitrogens with zero attached hydrogens (tertiary/aromatic N) is 1. The molecule has 0 aliphatic rings. The van der Waals surface area contributed by atoms with Crippen molar-refractivity contribution < 1.29 is 14.3 Å². The van der Waals surface area contributed by atoms with Crippen molar-refractivity contribution in [1.29, 1.82) is 0 Å². The average molecular weight is 374 g/mol. The van der Waals surface area contributed by atoms with E-state index in [4.69, 9.17) is 4.74 Å². The summed E-state index contributed by atoms with van der Waals surface area (Å²) < 4.78 is 5.50. The SMILES string of the molecule is CCC(=O)c1ccc(-c2cccc(OC)c2C(=O)N(C(C)C)C(C)C)s1. The van der Waals surface area contributed by atoms with Crippen LogP contribution in [0.4, 0.5) is 0 Å². The van der Waals surface area contributed by atoms with Crippen molar-refractivity contribution in [2.45, 2.75) is 53.1 Å². The van der Waals surface area contributed by atoms with E-state index in [1.807, 2.05) is 63.8 Å². The molecule has 1 amide bonds. The van der Waals surface area contributed by atoms with Crippen molar-refractivity contribution in [2.75, 3.05) is 7.11 Å². The van der Waals surface area contributed by atoms with Gasteiger partial charge in [0.1, 0.15) is 5.75 Å². The molecule has 0 aliphatic heterocycles. The van der Waals surface area contributed by atoms with E-state index in [9.17, 15) is 9.59 Å². The molecule has 4 nitrogen and oxygen atoms in total. The number of thiophene rings is 1. The van der Waals surface area contributed by atoms with Crippen LogP contribution in [-0.2, 0) is 0 Å². The van der Waals surface area contributed by atoms with E-state index in [1.165, 1.54) is 11.3 Å². The quantitative estimate of drug-likeness (QED) is 0.621. The van der Waals surface area contributed by atoms with Crippen molar-refractivity contribution in [3.05, 3.63) is 40.8 Å². The van der Waals surface area contributed by atoms with Gasteiger partial charge in [0.25, 0.3) is 5.91 Å². The summed E-state index contributed by atoms with van der Waals surface area (Å²) in [5.74, 6) is 0.609. The van der Waals surface area contributed by atoms with Gasteiger partial charge in [0.15, 0.2) is 5.78 Å². The standard InChI is InChI=1S/C21H27NO3S/c1-7-16(23)19-12-11-18(26-19)15-9-8-10-17(25-6)20(15)21(24)22(13(2)3)14(4)5/h8-14H,7H2,1-6H3. The van der Waals surface area contributed by atoms with Gasteiger partial charge in [-0.05, 0) is 45.9 Å². The van der Waals surface area contributed by atoms with Gasteiger partial charge in [0, 0.05) is 28.9 Å². The monoisotopic (exact) mass is 373 g/mol. The molecule has 2 rings (SSSR count). The van der Waals surface area contributed by atoms with Gasteiger partial charge in [-0.15, -0.1) is 11.3 Å². The maximum Gasteiger partial charge on any atom is 0.258 e. The highest BCUT2D eigenvalue weighted by molar-refractivity contribution is 7.17. The first kappa shape index (κ1) is 20.2. The zero-order chi connectivity index (χ0) is 19.4. The Labute approximate surface area is 159 Å². The molecule has 1 aromatic carbocycles. The Morgan fingerprint density at radius 2 is 1.73 bits per heavy atom. The fraction of sp³-hybridized carbons (Fsp3) is 0.429. The molecule has 0 bridgehead atoms. The third kappa shape index (κ3) is 3.98. The van der Waals surface area contributed by atoms with Gasteiger partial charge in [0.2, 0.25) is 0 Å². The first-order chi connectivity index (χ1) is 12.3. The van der Waals surface area contributed by atoms with Crippen molar-refractivity contribution >= 4 is 23.0 Å². The minimum absolute atomic E-state index is 0.0563. The second-order valence-electron chi connectivity index (χ2n) is 6.72. The van der Waals surface area contributed by atoms with Crippen LogP contribution in [0.15, 0.2) is 30.3 Å². The van der Waals surface area contributed by atoms with E-state index in [2.05, 4.69) is 0 Å². The van der Waals surface area contributed by atoms with Crippen molar-refractivity contribution in [3.8, 4) is 16.2 Å². The number of methoxy groups -OCH3 is 1. The van der Waals surface area contributed by atoms with Gasteiger partial charge < -0.3 is 9.64 Å². The molecular formula is C21H27NO3S. The van der Waals surface area contributed by atoms with Crippen LogP contribution in [0.1, 0.15) is 61.1 Å². The van der Waals surface area contributed by atoms with E-state index in [0.29, 0.717) is 22.6 Å². The fourth-order valence-electron chi connectivity index (χ4n) is 3.13. The van der Waals surface area contributed by atoms with Crippen LogP contribution in [-0.4, -0.2) is 35.8 Å². The summed E-state index contributed by atoms with van der Waals surface area (Å²) in [7, 11) is 1.57. The van der Waals surface area contributed by atoms with E-state index < -0.39 is 0 Å². The van der Waals surface area contributed by atoms with Crippen LogP contribution in [0.3, 0.4) is 0 Å². The number of carbonyl (C=O) groups is 2. The minimum atomic E-state index is -0.0563.